The molecule has 5 atom stereocenters. The first-order valence-electron chi connectivity index (χ1n) is 11.2. The summed E-state index contributed by atoms with van der Waals surface area (Å²) in [6, 6.07) is 8.19. The van der Waals surface area contributed by atoms with Gasteiger partial charge in [0.15, 0.2) is 0 Å². The van der Waals surface area contributed by atoms with Crippen molar-refractivity contribution in [2.24, 2.45) is 11.8 Å². The van der Waals surface area contributed by atoms with Gasteiger partial charge in [0, 0.05) is 30.3 Å². The number of benzene rings is 1. The highest BCUT2D eigenvalue weighted by molar-refractivity contribution is 5.83. The van der Waals surface area contributed by atoms with Crippen LogP contribution in [0.2, 0.25) is 0 Å². The van der Waals surface area contributed by atoms with E-state index in [0.717, 1.165) is 39.7 Å². The fourth-order valence-corrected chi connectivity index (χ4v) is 5.90. The van der Waals surface area contributed by atoms with Crippen LogP contribution in [0.3, 0.4) is 0 Å². The minimum atomic E-state index is -0.484. The summed E-state index contributed by atoms with van der Waals surface area (Å²) in [5.41, 5.74) is 1.91. The zero-order chi connectivity index (χ0) is 20.4. The number of aromatic nitrogens is 1. The van der Waals surface area contributed by atoms with Gasteiger partial charge in [-0.3, -0.25) is 4.98 Å². The van der Waals surface area contributed by atoms with E-state index < -0.39 is 6.10 Å². The number of ether oxygens (including phenoxy) is 1. The van der Waals surface area contributed by atoms with Crippen molar-refractivity contribution in [3.8, 4) is 5.75 Å². The predicted octanol–water partition coefficient (Wildman–Crippen LogP) is 4.88. The Kier molecular flexibility index (Phi) is 5.93. The second kappa shape index (κ2) is 8.45. The van der Waals surface area contributed by atoms with E-state index in [2.05, 4.69) is 24.6 Å². The van der Waals surface area contributed by atoms with E-state index >= 15 is 0 Å². The Balaban J connectivity index is 1.70. The zero-order valence-electron chi connectivity index (χ0n) is 17.9. The molecule has 1 aromatic heterocycles. The first-order chi connectivity index (χ1) is 14.1. The third-order valence-corrected chi connectivity index (χ3v) is 7.55. The summed E-state index contributed by atoms with van der Waals surface area (Å²) in [4.78, 5) is 4.51. The van der Waals surface area contributed by atoms with E-state index in [-0.39, 0.29) is 6.04 Å². The molecule has 3 saturated heterocycles. The normalized spacial score (nSPS) is 29.7. The van der Waals surface area contributed by atoms with Gasteiger partial charge in [-0.05, 0) is 48.6 Å². The largest absolute Gasteiger partial charge is 0.497 e. The number of aliphatic hydroxyl groups is 1. The summed E-state index contributed by atoms with van der Waals surface area (Å²) in [6.45, 7) is 9.87. The number of piperidine rings is 3. The lowest BCUT2D eigenvalue weighted by Gasteiger charge is -2.58. The fraction of sp³-hybridized carbons (Fsp3) is 0.560. The van der Waals surface area contributed by atoms with Crippen molar-refractivity contribution < 1.29 is 14.3 Å². The van der Waals surface area contributed by atoms with Crippen LogP contribution in [-0.4, -0.2) is 47.4 Å². The minimum Gasteiger partial charge on any atom is -0.497 e. The van der Waals surface area contributed by atoms with E-state index in [1.165, 1.54) is 38.8 Å². The second-order valence-electron chi connectivity index (χ2n) is 9.03. The SMILES string of the molecule is C=CC1C[N+]2(CCCCC)CCC1CC2C(O)c1ccnc2ccc(OC)cc12. The number of methoxy groups -OCH3 is 1. The van der Waals surface area contributed by atoms with E-state index in [9.17, 15) is 5.11 Å². The molecule has 3 fully saturated rings. The third-order valence-electron chi connectivity index (χ3n) is 7.55. The molecule has 1 N–H and O–H groups in total. The van der Waals surface area contributed by atoms with Crippen molar-refractivity contribution in [2.45, 2.75) is 51.2 Å². The van der Waals surface area contributed by atoms with Crippen LogP contribution in [0.15, 0.2) is 43.1 Å². The average molecular weight is 396 g/mol. The summed E-state index contributed by atoms with van der Waals surface area (Å²) in [5, 5.41) is 12.7. The Hall–Kier alpha value is -1.91. The van der Waals surface area contributed by atoms with Gasteiger partial charge in [0.25, 0.3) is 0 Å². The predicted molar refractivity (Wildman–Crippen MR) is 118 cm³/mol. The summed E-state index contributed by atoms with van der Waals surface area (Å²) >= 11 is 0. The van der Waals surface area contributed by atoms with Crippen LogP contribution < -0.4 is 4.74 Å². The van der Waals surface area contributed by atoms with E-state index in [0.29, 0.717) is 11.8 Å². The molecule has 4 heterocycles. The summed E-state index contributed by atoms with van der Waals surface area (Å²) in [5.74, 6) is 2.05. The van der Waals surface area contributed by atoms with Crippen molar-refractivity contribution in [3.05, 3.63) is 48.7 Å². The van der Waals surface area contributed by atoms with Crippen molar-refractivity contribution in [1.29, 1.82) is 0 Å². The topological polar surface area (TPSA) is 42.4 Å². The van der Waals surface area contributed by atoms with Gasteiger partial charge in [-0.15, -0.1) is 6.58 Å². The van der Waals surface area contributed by atoms with Crippen molar-refractivity contribution in [3.63, 3.8) is 0 Å². The monoisotopic (exact) mass is 395 g/mol. The summed E-state index contributed by atoms with van der Waals surface area (Å²) in [7, 11) is 1.68. The van der Waals surface area contributed by atoms with Crippen LogP contribution in [-0.2, 0) is 0 Å². The molecule has 1 aromatic carbocycles. The molecule has 156 valence electrons. The highest BCUT2D eigenvalue weighted by Gasteiger charge is 2.53. The highest BCUT2D eigenvalue weighted by Crippen LogP contribution is 2.47. The number of pyridine rings is 1. The molecule has 2 bridgehead atoms. The lowest BCUT2D eigenvalue weighted by molar-refractivity contribution is -0.973. The summed E-state index contributed by atoms with van der Waals surface area (Å²) < 4.78 is 6.49. The lowest BCUT2D eigenvalue weighted by Crippen LogP contribution is -2.68. The number of rotatable bonds is 8. The van der Waals surface area contributed by atoms with Gasteiger partial charge >= 0.3 is 0 Å². The van der Waals surface area contributed by atoms with Crippen LogP contribution in [0.5, 0.6) is 5.75 Å². The summed E-state index contributed by atoms with van der Waals surface area (Å²) in [6.07, 6.45) is 9.59. The number of nitrogens with zero attached hydrogens (tertiary/aromatic N) is 2. The maximum absolute atomic E-state index is 11.7. The van der Waals surface area contributed by atoms with Gasteiger partial charge in [-0.25, -0.2) is 0 Å². The molecule has 0 aliphatic carbocycles. The van der Waals surface area contributed by atoms with Crippen LogP contribution in [0, 0.1) is 11.8 Å². The molecule has 2 aromatic rings. The van der Waals surface area contributed by atoms with Crippen LogP contribution in [0.25, 0.3) is 10.9 Å². The van der Waals surface area contributed by atoms with Gasteiger partial charge in [0.1, 0.15) is 17.9 Å². The van der Waals surface area contributed by atoms with Crippen molar-refractivity contribution >= 4 is 10.9 Å². The average Bonchev–Trinajstić information content (AvgIpc) is 2.78. The van der Waals surface area contributed by atoms with Crippen molar-refractivity contribution in [1.82, 2.24) is 4.98 Å². The lowest BCUT2D eigenvalue weighted by atomic mass is 9.71. The molecule has 4 heteroatoms. The minimum absolute atomic E-state index is 0.249. The van der Waals surface area contributed by atoms with Crippen molar-refractivity contribution in [2.75, 3.05) is 26.7 Å². The first kappa shape index (κ1) is 20.4. The Bertz CT molecular complexity index is 867. The maximum atomic E-state index is 11.7. The number of fused-ring (bicyclic) bond motifs is 4. The quantitative estimate of drug-likeness (QED) is 0.394. The molecule has 0 amide bonds. The Morgan fingerprint density at radius 3 is 2.97 bits per heavy atom. The molecule has 29 heavy (non-hydrogen) atoms. The number of hydrogen-bond donors (Lipinski definition) is 1. The Morgan fingerprint density at radius 1 is 1.34 bits per heavy atom. The molecular weight excluding hydrogens is 360 g/mol. The van der Waals surface area contributed by atoms with Crippen LogP contribution >= 0.6 is 0 Å². The van der Waals surface area contributed by atoms with E-state index in [4.69, 9.17) is 4.74 Å². The van der Waals surface area contributed by atoms with Gasteiger partial charge in [0.2, 0.25) is 0 Å². The van der Waals surface area contributed by atoms with E-state index in [1.807, 2.05) is 30.5 Å². The number of hydrogen-bond acceptors (Lipinski definition) is 3. The third kappa shape index (κ3) is 3.69. The van der Waals surface area contributed by atoms with Gasteiger partial charge in [0.05, 0.1) is 32.3 Å². The molecule has 0 spiro atoms. The molecule has 4 nitrogen and oxygen atoms in total. The first-order valence-corrected chi connectivity index (χ1v) is 11.2. The number of unbranched alkanes of at least 4 members (excludes halogenated alkanes) is 2. The van der Waals surface area contributed by atoms with Gasteiger partial charge < -0.3 is 14.3 Å². The van der Waals surface area contributed by atoms with E-state index in [1.54, 1.807) is 7.11 Å². The highest BCUT2D eigenvalue weighted by atomic mass is 16.5. The molecule has 3 aliphatic rings. The fourth-order valence-electron chi connectivity index (χ4n) is 5.90. The molecule has 0 saturated carbocycles. The molecule has 3 aliphatic heterocycles. The molecular formula is C25H35N2O2+. The Labute approximate surface area is 174 Å². The standard InChI is InChI=1S/C25H35N2O2/c1-4-6-7-13-27-14-11-19(18(5-2)17-27)15-24(27)25(28)21-10-12-26-23-9-8-20(29-3)16-22(21)23/h5,8-10,12,16,18-19,24-25,28H,2,4,6-7,11,13-15,17H2,1,3H3/q+1. The number of quaternary nitrogens is 1. The second-order valence-corrected chi connectivity index (χ2v) is 9.03. The van der Waals surface area contributed by atoms with Gasteiger partial charge in [-0.2, -0.15) is 0 Å². The van der Waals surface area contributed by atoms with Crippen LogP contribution in [0.4, 0.5) is 0 Å². The van der Waals surface area contributed by atoms with Crippen LogP contribution in [0.1, 0.15) is 50.7 Å². The molecule has 5 rings (SSSR count). The molecule has 5 unspecified atom stereocenters. The maximum Gasteiger partial charge on any atom is 0.131 e. The zero-order valence-corrected chi connectivity index (χ0v) is 17.9. The Morgan fingerprint density at radius 2 is 2.21 bits per heavy atom. The smallest absolute Gasteiger partial charge is 0.131 e. The van der Waals surface area contributed by atoms with Gasteiger partial charge in [-0.1, -0.05) is 19.4 Å². The number of aliphatic hydroxyl groups excluding tert-OH is 1. The molecule has 0 radical (unpaired) electrons.